The number of carbonyl (C=O) groups is 4. The number of phenols is 2. The Bertz CT molecular complexity index is 1730. The maximum Gasteiger partial charge on any atom is 3.00 e. The molecule has 293 valence electrons. The maximum atomic E-state index is 11.1. The molecule has 0 bridgehead atoms. The Kier molecular flexibility index (Phi) is 21.0. The number of carboxylic acids is 4. The maximum absolute atomic E-state index is 11.1. The molecule has 4 atom stereocenters. The molecule has 23 heteroatoms. The molecule has 0 unspecified atom stereocenters. The van der Waals surface area contributed by atoms with E-state index >= 15 is 0 Å². The predicted molar refractivity (Wildman–Crippen MR) is 182 cm³/mol. The molecule has 5 rings (SSSR count). The van der Waals surface area contributed by atoms with Gasteiger partial charge < -0.3 is 82.2 Å². The summed E-state index contributed by atoms with van der Waals surface area (Å²) < 4.78 is 0. The van der Waals surface area contributed by atoms with E-state index < -0.39 is 48.0 Å². The van der Waals surface area contributed by atoms with Crippen LogP contribution >= 0.6 is 0 Å². The van der Waals surface area contributed by atoms with Crippen LogP contribution in [0.3, 0.4) is 0 Å². The van der Waals surface area contributed by atoms with E-state index in [9.17, 15) is 44.7 Å². The number of aromatic hydroxyl groups is 2. The summed E-state index contributed by atoms with van der Waals surface area (Å²) in [6.45, 7) is 0. The molecule has 4 aromatic heterocycles. The van der Waals surface area contributed by atoms with Crippen LogP contribution in [-0.4, -0.2) is 109 Å². The van der Waals surface area contributed by atoms with Gasteiger partial charge in [0.1, 0.15) is 11.5 Å². The molecule has 0 amide bonds. The van der Waals surface area contributed by atoms with Crippen LogP contribution in [0.15, 0.2) is 73.3 Å². The molecule has 13 N–H and O–H groups in total. The first kappa shape index (κ1) is 46.6. The minimum absolute atomic E-state index is 0. The average Bonchev–Trinajstić information content (AvgIpc) is 3.96. The summed E-state index contributed by atoms with van der Waals surface area (Å²) in [5, 5.41) is 58.4. The van der Waals surface area contributed by atoms with Gasteiger partial charge in [0.25, 0.3) is 0 Å². The van der Waals surface area contributed by atoms with Crippen molar-refractivity contribution in [2.24, 2.45) is 22.2 Å². The summed E-state index contributed by atoms with van der Waals surface area (Å²) in [5.41, 5.74) is 18.6. The molecule has 0 aliphatic rings. The number of carbonyl (C=O) groups excluding carboxylic acids is 3. The predicted octanol–water partition coefficient (Wildman–Crippen LogP) is -4.78. The van der Waals surface area contributed by atoms with Gasteiger partial charge >= 0.3 is 23.3 Å². The SMILES string of the molecule is N[C@@H](Cc1c[nH]cn1)C(=O)[O-].N[C@@H](Cc1c[nH]cn1)C(=O)[O-].N[C@@H](Cc1c[nH]cn1)C(=O)[O-].O=C(O)[C@H](Cc1c[nH]cn1)N=CCc1ccc(O)cc1O.[Cr+3]. The molecule has 1 radical (unpaired) electrons. The topological polar surface area (TPSA) is 403 Å². The summed E-state index contributed by atoms with van der Waals surface area (Å²) in [4.78, 5) is 71.8. The van der Waals surface area contributed by atoms with Gasteiger partial charge in [0.15, 0.2) is 6.04 Å². The Hall–Kier alpha value is -6.38. The number of nitrogens with two attached hydrogens (primary N) is 3. The Balaban J connectivity index is 0.000000384. The van der Waals surface area contributed by atoms with Gasteiger partial charge in [0.2, 0.25) is 0 Å². The van der Waals surface area contributed by atoms with Crippen LogP contribution in [0.25, 0.3) is 0 Å². The molecular weight excluding hydrogens is 764 g/mol. The van der Waals surface area contributed by atoms with Gasteiger partial charge in [-0.05, 0) is 11.6 Å². The summed E-state index contributed by atoms with van der Waals surface area (Å²) in [5.74, 6) is -4.89. The Morgan fingerprint density at radius 2 is 1.04 bits per heavy atom. The molecule has 0 saturated heterocycles. The Labute approximate surface area is 323 Å². The quantitative estimate of drug-likeness (QED) is 0.0444. The number of nitrogens with zero attached hydrogens (tertiary/aromatic N) is 5. The van der Waals surface area contributed by atoms with E-state index in [1.165, 1.54) is 43.7 Å². The first-order valence-electron chi connectivity index (χ1n) is 15.7. The smallest absolute Gasteiger partial charge is 0.548 e. The van der Waals surface area contributed by atoms with Crippen molar-refractivity contribution in [3.63, 3.8) is 0 Å². The molecule has 0 saturated carbocycles. The fourth-order valence-electron chi connectivity index (χ4n) is 3.94. The van der Waals surface area contributed by atoms with E-state index in [2.05, 4.69) is 44.9 Å². The van der Waals surface area contributed by atoms with Crippen LogP contribution in [0.4, 0.5) is 0 Å². The number of aromatic nitrogens is 8. The number of aromatic amines is 4. The average molecular weight is 804 g/mol. The minimum atomic E-state index is -1.26. The van der Waals surface area contributed by atoms with Crippen LogP contribution in [0.1, 0.15) is 28.3 Å². The standard InChI is InChI=1S/C14H15N3O4.3C6H9N3O2.Cr/c18-11-2-1-9(13(19)6-11)3-4-16-12(14(20)21)5-10-7-15-8-17-10;3*7-5(6(10)11)1-4-2-8-3-9-4;/h1-2,4,6-8,12,18-19H,3,5H2,(H,15,17)(H,20,21);3*2-3,5H,1,7H2,(H,8,9)(H,10,11);/q;;;;+3/p-3/t12-;3*5-;/m0000./s1. The van der Waals surface area contributed by atoms with Gasteiger partial charge in [-0.15, -0.1) is 0 Å². The Morgan fingerprint density at radius 3 is 1.33 bits per heavy atom. The van der Waals surface area contributed by atoms with E-state index in [4.69, 9.17) is 22.3 Å². The molecule has 55 heavy (non-hydrogen) atoms. The molecule has 0 aliphatic heterocycles. The third-order valence-corrected chi connectivity index (χ3v) is 6.77. The second-order valence-electron chi connectivity index (χ2n) is 11.0. The van der Waals surface area contributed by atoms with E-state index in [0.29, 0.717) is 28.3 Å². The molecule has 4 heterocycles. The number of hydrogen-bond donors (Lipinski definition) is 10. The molecule has 0 spiro atoms. The van der Waals surface area contributed by atoms with Crippen molar-refractivity contribution in [3.8, 4) is 11.5 Å². The third kappa shape index (κ3) is 18.8. The van der Waals surface area contributed by atoms with Crippen molar-refractivity contribution in [1.29, 1.82) is 0 Å². The van der Waals surface area contributed by atoms with Crippen molar-refractivity contribution in [2.75, 3.05) is 0 Å². The molecule has 1 aromatic carbocycles. The largest absolute Gasteiger partial charge is 3.00 e. The van der Waals surface area contributed by atoms with Crippen LogP contribution in [0, 0.1) is 0 Å². The summed E-state index contributed by atoms with van der Waals surface area (Å²) in [6, 6.07) is 0.380. The van der Waals surface area contributed by atoms with Crippen molar-refractivity contribution in [1.82, 2.24) is 39.9 Å². The zero-order valence-electron chi connectivity index (χ0n) is 28.8. The number of phenolic OH excluding ortho intramolecular Hbond substituents is 2. The molecule has 0 fully saturated rings. The van der Waals surface area contributed by atoms with Gasteiger partial charge in [0, 0.05) is 87.3 Å². The number of benzene rings is 1. The van der Waals surface area contributed by atoms with Gasteiger partial charge in [-0.2, -0.15) is 0 Å². The zero-order chi connectivity index (χ0) is 40.0. The van der Waals surface area contributed by atoms with Gasteiger partial charge in [-0.1, -0.05) is 6.07 Å². The first-order valence-corrected chi connectivity index (χ1v) is 15.7. The Morgan fingerprint density at radius 1 is 0.673 bits per heavy atom. The zero-order valence-corrected chi connectivity index (χ0v) is 30.1. The normalized spacial score (nSPS) is 12.5. The third-order valence-electron chi connectivity index (χ3n) is 6.77. The second kappa shape index (κ2) is 24.8. The summed E-state index contributed by atoms with van der Waals surface area (Å²) in [6.07, 6.45) is 14.8. The van der Waals surface area contributed by atoms with Crippen LogP contribution < -0.4 is 32.5 Å². The number of aliphatic carboxylic acids is 4. The van der Waals surface area contributed by atoms with Crippen LogP contribution in [-0.2, 0) is 68.6 Å². The monoisotopic (exact) mass is 803 g/mol. The second-order valence-corrected chi connectivity index (χ2v) is 11.0. The van der Waals surface area contributed by atoms with Crippen molar-refractivity contribution in [3.05, 3.63) is 96.6 Å². The van der Waals surface area contributed by atoms with Crippen molar-refractivity contribution >= 4 is 30.1 Å². The van der Waals surface area contributed by atoms with E-state index in [-0.39, 0.29) is 61.0 Å². The minimum Gasteiger partial charge on any atom is -0.548 e. The number of H-pyrrole nitrogens is 4. The molecule has 5 aromatic rings. The first-order chi connectivity index (χ1) is 25.7. The van der Waals surface area contributed by atoms with E-state index in [0.717, 1.165) is 0 Å². The fourth-order valence-corrected chi connectivity index (χ4v) is 3.94. The number of rotatable bonds is 15. The van der Waals surface area contributed by atoms with Crippen LogP contribution in [0.5, 0.6) is 11.5 Å². The number of nitrogens with one attached hydrogen (secondary N) is 4. The van der Waals surface area contributed by atoms with Gasteiger partial charge in [-0.3, -0.25) is 4.99 Å². The van der Waals surface area contributed by atoms with Gasteiger partial charge in [0.05, 0.1) is 66.0 Å². The van der Waals surface area contributed by atoms with Crippen molar-refractivity contribution in [2.45, 2.75) is 56.3 Å². The molecule has 0 aliphatic carbocycles. The molecular formula is C32H39CrN12O10. The summed E-state index contributed by atoms with van der Waals surface area (Å²) in [7, 11) is 0. The number of imidazole rings is 4. The molecule has 22 nitrogen and oxygen atoms in total. The van der Waals surface area contributed by atoms with E-state index in [1.54, 1.807) is 30.9 Å². The number of hydrogen-bond acceptors (Lipinski definition) is 17. The summed E-state index contributed by atoms with van der Waals surface area (Å²) >= 11 is 0. The van der Waals surface area contributed by atoms with E-state index in [1.807, 2.05) is 0 Å². The fraction of sp³-hybridized carbons (Fsp3) is 0.281. The van der Waals surface area contributed by atoms with Gasteiger partial charge in [-0.25, -0.2) is 24.7 Å². The van der Waals surface area contributed by atoms with Crippen molar-refractivity contribution < 1.29 is 67.2 Å². The number of aliphatic imine (C=N–C) groups is 1. The number of carboxylic acid groups (broad SMARTS) is 4. The van der Waals surface area contributed by atoms with Crippen LogP contribution in [0.2, 0.25) is 0 Å².